The van der Waals surface area contributed by atoms with Crippen molar-refractivity contribution in [3.05, 3.63) is 95.3 Å². The maximum atomic E-state index is 13.6. The van der Waals surface area contributed by atoms with E-state index in [2.05, 4.69) is 0 Å². The number of hydrogen-bond acceptors (Lipinski definition) is 4. The molecule has 0 aromatic heterocycles. The minimum atomic E-state index is -0.940. The average molecular weight is 416 g/mol. The zero-order chi connectivity index (χ0) is 21.7. The van der Waals surface area contributed by atoms with Crippen molar-refractivity contribution in [1.82, 2.24) is 0 Å². The number of fused-ring (bicyclic) bond motifs is 1. The first kappa shape index (κ1) is 19.5. The topological polar surface area (TPSA) is 49.9 Å². The Morgan fingerprint density at radius 3 is 2.19 bits per heavy atom. The van der Waals surface area contributed by atoms with E-state index in [4.69, 9.17) is 4.84 Å². The molecule has 0 spiro atoms. The number of nitrogens with zero attached hydrogens (tertiary/aromatic N) is 2. The van der Waals surface area contributed by atoms with Crippen LogP contribution < -0.4 is 9.96 Å². The molecule has 3 aromatic rings. The Balaban J connectivity index is 1.58. The molecule has 3 aromatic carbocycles. The molecule has 2 aliphatic rings. The van der Waals surface area contributed by atoms with Gasteiger partial charge in [0.25, 0.3) is 5.91 Å². The van der Waals surface area contributed by atoms with Gasteiger partial charge in [0.05, 0.1) is 17.4 Å². The van der Waals surface area contributed by atoms with Gasteiger partial charge in [0, 0.05) is 0 Å². The molecule has 31 heavy (non-hydrogen) atoms. The Labute approximate surface area is 179 Å². The van der Waals surface area contributed by atoms with Gasteiger partial charge in [-0.05, 0) is 66.9 Å². The van der Waals surface area contributed by atoms with Gasteiger partial charge in [0.1, 0.15) is 11.7 Å². The van der Waals surface area contributed by atoms with E-state index in [-0.39, 0.29) is 17.6 Å². The predicted molar refractivity (Wildman–Crippen MR) is 115 cm³/mol. The maximum Gasteiger partial charge on any atom is 0.266 e. The van der Waals surface area contributed by atoms with E-state index >= 15 is 0 Å². The van der Waals surface area contributed by atoms with Crippen molar-refractivity contribution in [3.8, 4) is 0 Å². The molecule has 0 saturated carbocycles. The van der Waals surface area contributed by atoms with Crippen LogP contribution in [0.4, 0.5) is 15.8 Å². The largest absolute Gasteiger partial charge is 0.273 e. The first-order valence-electron chi connectivity index (χ1n) is 10.2. The van der Waals surface area contributed by atoms with E-state index < -0.39 is 18.1 Å². The standard InChI is InChI=1S/C25H21FN2O3/c1-15-8-13-20(14-16(15)2)27-24(29)21-22(17-9-11-18(26)12-10-17)28(31-23(21)25(27)30)19-6-4-3-5-7-19/h3-14,21-23H,1-2H3/t21-,22+,23+/m1/s1. The van der Waals surface area contributed by atoms with Gasteiger partial charge in [-0.2, -0.15) is 0 Å². The van der Waals surface area contributed by atoms with Crippen LogP contribution in [0, 0.1) is 25.6 Å². The molecule has 0 aliphatic carbocycles. The fourth-order valence-corrected chi connectivity index (χ4v) is 4.33. The van der Waals surface area contributed by atoms with E-state index in [9.17, 15) is 14.0 Å². The van der Waals surface area contributed by atoms with Crippen LogP contribution in [-0.2, 0) is 14.4 Å². The summed E-state index contributed by atoms with van der Waals surface area (Å²) in [5.41, 5.74) is 4.06. The number of hydroxylamine groups is 1. The van der Waals surface area contributed by atoms with Crippen molar-refractivity contribution in [2.24, 2.45) is 5.92 Å². The summed E-state index contributed by atoms with van der Waals surface area (Å²) >= 11 is 0. The second-order valence-electron chi connectivity index (χ2n) is 7.99. The summed E-state index contributed by atoms with van der Waals surface area (Å²) in [6, 6.07) is 20.3. The lowest BCUT2D eigenvalue weighted by molar-refractivity contribution is -0.126. The normalized spacial score (nSPS) is 22.9. The van der Waals surface area contributed by atoms with Gasteiger partial charge in [-0.15, -0.1) is 0 Å². The quantitative estimate of drug-likeness (QED) is 0.590. The van der Waals surface area contributed by atoms with Crippen molar-refractivity contribution in [2.45, 2.75) is 26.0 Å². The lowest BCUT2D eigenvalue weighted by Crippen LogP contribution is -2.37. The predicted octanol–water partition coefficient (Wildman–Crippen LogP) is 4.49. The summed E-state index contributed by atoms with van der Waals surface area (Å²) in [6.45, 7) is 3.92. The number of anilines is 2. The fraction of sp³-hybridized carbons (Fsp3) is 0.200. The Bertz CT molecular complexity index is 1160. The molecule has 5 rings (SSSR count). The van der Waals surface area contributed by atoms with Crippen molar-refractivity contribution >= 4 is 23.2 Å². The molecule has 5 nitrogen and oxygen atoms in total. The van der Waals surface area contributed by atoms with E-state index in [1.54, 1.807) is 23.3 Å². The summed E-state index contributed by atoms with van der Waals surface area (Å²) in [5.74, 6) is -1.80. The summed E-state index contributed by atoms with van der Waals surface area (Å²) in [5, 5.41) is 1.61. The zero-order valence-corrected chi connectivity index (χ0v) is 17.2. The maximum absolute atomic E-state index is 13.6. The molecular weight excluding hydrogens is 395 g/mol. The van der Waals surface area contributed by atoms with Crippen molar-refractivity contribution in [3.63, 3.8) is 0 Å². The minimum Gasteiger partial charge on any atom is -0.273 e. The first-order chi connectivity index (χ1) is 15.0. The van der Waals surface area contributed by atoms with Crippen LogP contribution in [0.1, 0.15) is 22.7 Å². The molecule has 0 unspecified atom stereocenters. The van der Waals surface area contributed by atoms with E-state index in [1.807, 2.05) is 56.3 Å². The molecule has 0 radical (unpaired) electrons. The molecule has 2 saturated heterocycles. The second-order valence-corrected chi connectivity index (χ2v) is 7.99. The van der Waals surface area contributed by atoms with Gasteiger partial charge in [-0.25, -0.2) is 14.4 Å². The van der Waals surface area contributed by atoms with Crippen molar-refractivity contribution in [2.75, 3.05) is 9.96 Å². The summed E-state index contributed by atoms with van der Waals surface area (Å²) in [7, 11) is 0. The third kappa shape index (κ3) is 3.11. The van der Waals surface area contributed by atoms with E-state index in [1.165, 1.54) is 17.0 Å². The smallest absolute Gasteiger partial charge is 0.266 e. The highest BCUT2D eigenvalue weighted by molar-refractivity contribution is 6.24. The van der Waals surface area contributed by atoms with Crippen LogP contribution in [0.5, 0.6) is 0 Å². The molecule has 2 fully saturated rings. The number of aryl methyl sites for hydroxylation is 2. The van der Waals surface area contributed by atoms with Crippen molar-refractivity contribution in [1.29, 1.82) is 0 Å². The summed E-state index contributed by atoms with van der Waals surface area (Å²) < 4.78 is 13.6. The SMILES string of the molecule is Cc1ccc(N2C(=O)[C@H]3[C@H](ON(c4ccccc4)[C@H]3c3ccc(F)cc3)C2=O)cc1C. The zero-order valence-electron chi connectivity index (χ0n) is 17.2. The third-order valence-corrected chi connectivity index (χ3v) is 6.09. The fourth-order valence-electron chi connectivity index (χ4n) is 4.33. The number of carbonyl (C=O) groups is 2. The van der Waals surface area contributed by atoms with Gasteiger partial charge in [-0.3, -0.25) is 14.4 Å². The highest BCUT2D eigenvalue weighted by atomic mass is 19.1. The number of benzene rings is 3. The van der Waals surface area contributed by atoms with Crippen LogP contribution in [0.25, 0.3) is 0 Å². The minimum absolute atomic E-state index is 0.314. The van der Waals surface area contributed by atoms with Gasteiger partial charge >= 0.3 is 0 Å². The van der Waals surface area contributed by atoms with E-state index in [0.717, 1.165) is 16.8 Å². The number of amides is 2. The Morgan fingerprint density at radius 2 is 1.52 bits per heavy atom. The molecule has 2 aliphatic heterocycles. The molecule has 0 N–H and O–H groups in total. The number of imide groups is 1. The molecule has 2 amide bonds. The van der Waals surface area contributed by atoms with E-state index in [0.29, 0.717) is 11.3 Å². The van der Waals surface area contributed by atoms with Crippen LogP contribution in [0.3, 0.4) is 0 Å². The lowest BCUT2D eigenvalue weighted by atomic mass is 9.90. The van der Waals surface area contributed by atoms with Crippen LogP contribution in [0.15, 0.2) is 72.8 Å². The van der Waals surface area contributed by atoms with Crippen LogP contribution in [-0.4, -0.2) is 17.9 Å². The Kier molecular flexibility index (Phi) is 4.59. The third-order valence-electron chi connectivity index (χ3n) is 6.09. The van der Waals surface area contributed by atoms with Gasteiger partial charge < -0.3 is 0 Å². The van der Waals surface area contributed by atoms with Crippen molar-refractivity contribution < 1.29 is 18.8 Å². The van der Waals surface area contributed by atoms with Gasteiger partial charge in [0.15, 0.2) is 6.10 Å². The number of rotatable bonds is 3. The molecule has 0 bridgehead atoms. The van der Waals surface area contributed by atoms with Gasteiger partial charge in [0.2, 0.25) is 5.91 Å². The number of halogens is 1. The highest BCUT2D eigenvalue weighted by Crippen LogP contribution is 2.47. The lowest BCUT2D eigenvalue weighted by Gasteiger charge is -2.28. The second kappa shape index (κ2) is 7.32. The molecule has 156 valence electrons. The highest BCUT2D eigenvalue weighted by Gasteiger charge is 2.60. The molecule has 2 heterocycles. The number of carbonyl (C=O) groups excluding carboxylic acids is 2. The Hall–Kier alpha value is -3.51. The Morgan fingerprint density at radius 1 is 0.806 bits per heavy atom. The molecule has 6 heteroatoms. The first-order valence-corrected chi connectivity index (χ1v) is 10.2. The number of para-hydroxylation sites is 1. The summed E-state index contributed by atoms with van der Waals surface area (Å²) in [4.78, 5) is 34.1. The average Bonchev–Trinajstić information content (AvgIpc) is 3.28. The molecular formula is C25H21FN2O3. The van der Waals surface area contributed by atoms with Crippen LogP contribution in [0.2, 0.25) is 0 Å². The molecule has 3 atom stereocenters. The monoisotopic (exact) mass is 416 g/mol. The number of hydrogen-bond donors (Lipinski definition) is 0. The van der Waals surface area contributed by atoms with Gasteiger partial charge in [-0.1, -0.05) is 36.4 Å². The summed E-state index contributed by atoms with van der Waals surface area (Å²) in [6.07, 6.45) is -0.940. The van der Waals surface area contributed by atoms with Crippen LogP contribution >= 0.6 is 0 Å².